The minimum Gasteiger partial charge on any atom is -0.368 e. The smallest absolute Gasteiger partial charge is 0.282 e. The van der Waals surface area contributed by atoms with E-state index in [1.807, 2.05) is 60.7 Å². The molecule has 3 rings (SSSR count). The van der Waals surface area contributed by atoms with E-state index in [-0.39, 0.29) is 11.3 Å². The Labute approximate surface area is 151 Å². The largest absolute Gasteiger partial charge is 0.368 e. The van der Waals surface area contributed by atoms with Gasteiger partial charge in [0.15, 0.2) is 0 Å². The maximum atomic E-state index is 12.3. The predicted octanol–water partition coefficient (Wildman–Crippen LogP) is 2.37. The highest BCUT2D eigenvalue weighted by atomic mass is 32.2. The van der Waals surface area contributed by atoms with E-state index in [4.69, 9.17) is 5.73 Å². The van der Waals surface area contributed by atoms with Crippen molar-refractivity contribution < 1.29 is 9.59 Å². The summed E-state index contributed by atoms with van der Waals surface area (Å²) in [4.78, 5) is 26.1. The Bertz CT molecular complexity index is 724. The van der Waals surface area contributed by atoms with Gasteiger partial charge in [0.05, 0.1) is 6.04 Å². The first kappa shape index (κ1) is 17.5. The van der Waals surface area contributed by atoms with Gasteiger partial charge in [0.1, 0.15) is 6.04 Å². The summed E-state index contributed by atoms with van der Waals surface area (Å²) in [5, 5.41) is 3.22. The third kappa shape index (κ3) is 4.41. The Kier molecular flexibility index (Phi) is 5.73. The molecule has 6 heteroatoms. The number of primary amides is 1. The Morgan fingerprint density at radius 1 is 1.12 bits per heavy atom. The first-order valence-electron chi connectivity index (χ1n) is 8.19. The fourth-order valence-corrected chi connectivity index (χ4v) is 4.00. The zero-order valence-corrected chi connectivity index (χ0v) is 14.6. The van der Waals surface area contributed by atoms with E-state index in [0.717, 1.165) is 11.1 Å². The molecule has 2 aromatic carbocycles. The lowest BCUT2D eigenvalue weighted by atomic mass is 10.1. The second kappa shape index (κ2) is 8.18. The van der Waals surface area contributed by atoms with Crippen molar-refractivity contribution in [2.24, 2.45) is 5.73 Å². The average molecular weight is 355 g/mol. The number of nitrogens with one attached hydrogen (secondary N) is 1. The minimum absolute atomic E-state index is 0.0124. The molecule has 1 aliphatic rings. The quantitative estimate of drug-likeness (QED) is 0.799. The van der Waals surface area contributed by atoms with Gasteiger partial charge in [-0.2, -0.15) is 0 Å². The predicted molar refractivity (Wildman–Crippen MR) is 99.9 cm³/mol. The van der Waals surface area contributed by atoms with E-state index in [9.17, 15) is 9.59 Å². The Morgan fingerprint density at radius 2 is 1.72 bits per heavy atom. The number of carbonyl (C=O) groups excluding carboxylic acids is 2. The lowest BCUT2D eigenvalue weighted by molar-refractivity contribution is -0.121. The molecule has 1 fully saturated rings. The fourth-order valence-electron chi connectivity index (χ4n) is 2.95. The number of benzene rings is 2. The molecule has 0 bridgehead atoms. The molecule has 0 aliphatic carbocycles. The molecule has 130 valence electrons. The van der Waals surface area contributed by atoms with Crippen LogP contribution >= 0.6 is 11.8 Å². The summed E-state index contributed by atoms with van der Waals surface area (Å²) in [5.74, 6) is 0.121. The van der Waals surface area contributed by atoms with Gasteiger partial charge in [0, 0.05) is 18.8 Å². The topological polar surface area (TPSA) is 75.4 Å². The third-order valence-corrected chi connectivity index (χ3v) is 5.26. The second-order valence-electron chi connectivity index (χ2n) is 6.00. The van der Waals surface area contributed by atoms with Crippen LogP contribution in [0.25, 0.3) is 0 Å². The molecular weight excluding hydrogens is 334 g/mol. The van der Waals surface area contributed by atoms with Crippen molar-refractivity contribution in [3.63, 3.8) is 0 Å². The summed E-state index contributed by atoms with van der Waals surface area (Å²) in [6.07, 6.45) is 0. The van der Waals surface area contributed by atoms with Crippen molar-refractivity contribution in [2.75, 3.05) is 5.75 Å². The van der Waals surface area contributed by atoms with Gasteiger partial charge in [-0.15, -0.1) is 0 Å². The molecule has 2 atom stereocenters. The van der Waals surface area contributed by atoms with Crippen LogP contribution < -0.4 is 11.1 Å². The molecule has 1 heterocycles. The second-order valence-corrected chi connectivity index (χ2v) is 6.98. The number of nitrogens with zero attached hydrogens (tertiary/aromatic N) is 1. The molecule has 2 aromatic rings. The molecule has 0 aromatic heterocycles. The number of thioether (sulfide) groups is 1. The molecular formula is C19H21N3O2S. The van der Waals surface area contributed by atoms with Crippen LogP contribution in [0.1, 0.15) is 11.1 Å². The Balaban J connectivity index is 1.72. The number of carbonyl (C=O) groups is 2. The fraction of sp³-hybridized carbons (Fsp3) is 0.263. The molecule has 1 aliphatic heterocycles. The summed E-state index contributed by atoms with van der Waals surface area (Å²) in [7, 11) is 0. The molecule has 0 unspecified atom stereocenters. The van der Waals surface area contributed by atoms with Crippen LogP contribution in [0.3, 0.4) is 0 Å². The van der Waals surface area contributed by atoms with Gasteiger partial charge in [0.25, 0.3) is 5.24 Å². The van der Waals surface area contributed by atoms with Gasteiger partial charge in [-0.05, 0) is 11.1 Å². The third-order valence-electron chi connectivity index (χ3n) is 4.27. The minimum atomic E-state index is -0.581. The SMILES string of the molecule is NC(=O)[C@@H](NCc1ccccc1)[C@@H]1CSC(=O)N1Cc1ccccc1. The van der Waals surface area contributed by atoms with E-state index >= 15 is 0 Å². The maximum absolute atomic E-state index is 12.3. The summed E-state index contributed by atoms with van der Waals surface area (Å²) in [6, 6.07) is 18.8. The standard InChI is InChI=1S/C19H21N3O2S/c20-18(23)17(21-11-14-7-3-1-4-8-14)16-13-25-19(24)22(16)12-15-9-5-2-6-10-15/h1-10,16-17,21H,11-13H2,(H2,20,23)/t16-,17-/m0/s1. The highest BCUT2D eigenvalue weighted by Gasteiger charge is 2.39. The average Bonchev–Trinajstić information content (AvgIpc) is 2.97. The van der Waals surface area contributed by atoms with Crippen LogP contribution in [0.5, 0.6) is 0 Å². The Hall–Kier alpha value is -2.31. The number of nitrogens with two attached hydrogens (primary N) is 1. The van der Waals surface area contributed by atoms with Crippen molar-refractivity contribution >= 4 is 22.9 Å². The highest BCUT2D eigenvalue weighted by molar-refractivity contribution is 8.13. The van der Waals surface area contributed by atoms with Crippen LogP contribution in [-0.4, -0.2) is 33.9 Å². The van der Waals surface area contributed by atoms with Crippen LogP contribution in [-0.2, 0) is 17.9 Å². The molecule has 5 nitrogen and oxygen atoms in total. The first-order valence-corrected chi connectivity index (χ1v) is 9.17. The zero-order chi connectivity index (χ0) is 17.6. The molecule has 0 saturated carbocycles. The summed E-state index contributed by atoms with van der Waals surface area (Å²) >= 11 is 1.24. The van der Waals surface area contributed by atoms with Crippen molar-refractivity contribution in [3.05, 3.63) is 71.8 Å². The summed E-state index contributed by atoms with van der Waals surface area (Å²) in [6.45, 7) is 1.01. The lowest BCUT2D eigenvalue weighted by Gasteiger charge is -2.30. The zero-order valence-electron chi connectivity index (χ0n) is 13.8. The number of hydrogen-bond donors (Lipinski definition) is 2. The van der Waals surface area contributed by atoms with E-state index in [1.165, 1.54) is 11.8 Å². The molecule has 2 amide bonds. The van der Waals surface area contributed by atoms with E-state index in [2.05, 4.69) is 5.32 Å². The molecule has 1 saturated heterocycles. The highest BCUT2D eigenvalue weighted by Crippen LogP contribution is 2.28. The lowest BCUT2D eigenvalue weighted by Crippen LogP contribution is -2.55. The van der Waals surface area contributed by atoms with Gasteiger partial charge in [-0.1, -0.05) is 72.4 Å². The summed E-state index contributed by atoms with van der Waals surface area (Å²) in [5.41, 5.74) is 7.74. The number of amides is 2. The van der Waals surface area contributed by atoms with Crippen molar-refractivity contribution in [3.8, 4) is 0 Å². The van der Waals surface area contributed by atoms with Gasteiger partial charge < -0.3 is 16.0 Å². The number of rotatable bonds is 7. The maximum Gasteiger partial charge on any atom is 0.282 e. The Morgan fingerprint density at radius 3 is 2.32 bits per heavy atom. The van der Waals surface area contributed by atoms with Gasteiger partial charge in [0.2, 0.25) is 5.91 Å². The van der Waals surface area contributed by atoms with E-state index in [1.54, 1.807) is 4.90 Å². The number of hydrogen-bond acceptors (Lipinski definition) is 4. The van der Waals surface area contributed by atoms with Crippen LogP contribution in [0.15, 0.2) is 60.7 Å². The monoisotopic (exact) mass is 355 g/mol. The van der Waals surface area contributed by atoms with Gasteiger partial charge in [-0.3, -0.25) is 9.59 Å². The normalized spacial score (nSPS) is 18.3. The van der Waals surface area contributed by atoms with Crippen LogP contribution in [0.2, 0.25) is 0 Å². The molecule has 3 N–H and O–H groups in total. The van der Waals surface area contributed by atoms with Crippen LogP contribution in [0.4, 0.5) is 4.79 Å². The first-order chi connectivity index (χ1) is 12.1. The summed E-state index contributed by atoms with van der Waals surface area (Å²) < 4.78 is 0. The molecule has 25 heavy (non-hydrogen) atoms. The van der Waals surface area contributed by atoms with E-state index < -0.39 is 11.9 Å². The van der Waals surface area contributed by atoms with Gasteiger partial charge >= 0.3 is 0 Å². The van der Waals surface area contributed by atoms with Crippen molar-refractivity contribution in [2.45, 2.75) is 25.2 Å². The van der Waals surface area contributed by atoms with Crippen molar-refractivity contribution in [1.29, 1.82) is 0 Å². The van der Waals surface area contributed by atoms with Crippen LogP contribution in [0, 0.1) is 0 Å². The molecule has 0 radical (unpaired) electrons. The van der Waals surface area contributed by atoms with E-state index in [0.29, 0.717) is 18.8 Å². The van der Waals surface area contributed by atoms with Gasteiger partial charge in [-0.25, -0.2) is 0 Å². The van der Waals surface area contributed by atoms with Crippen molar-refractivity contribution in [1.82, 2.24) is 10.2 Å². The molecule has 0 spiro atoms.